The maximum atomic E-state index is 12.9. The average Bonchev–Trinajstić information content (AvgIpc) is 2.98. The van der Waals surface area contributed by atoms with Gasteiger partial charge in [-0.3, -0.25) is 14.5 Å². The standard InChI is InChI=1S/C34H67N3O4/c1-5-9-13-15-19-31(17-11-7-3)40-33(38)21-25-36(29-30-37-27-23-35-24-28-37)26-22-34(39)41-32(18-12-8-4)20-16-14-10-6-2/h31-32,35H,5-30H2,1-4H3. The monoisotopic (exact) mass is 582 g/mol. The van der Waals surface area contributed by atoms with E-state index in [0.29, 0.717) is 25.9 Å². The van der Waals surface area contributed by atoms with E-state index in [1.165, 1.54) is 38.5 Å². The maximum absolute atomic E-state index is 12.9. The molecule has 242 valence electrons. The third-order valence-corrected chi connectivity index (χ3v) is 8.32. The molecule has 0 amide bonds. The second kappa shape index (κ2) is 26.4. The van der Waals surface area contributed by atoms with Crippen molar-refractivity contribution >= 4 is 11.9 Å². The Labute approximate surface area is 253 Å². The Morgan fingerprint density at radius 3 is 1.51 bits per heavy atom. The lowest BCUT2D eigenvalue weighted by Gasteiger charge is -2.30. The highest BCUT2D eigenvalue weighted by Crippen LogP contribution is 2.17. The highest BCUT2D eigenvalue weighted by molar-refractivity contribution is 5.70. The number of piperazine rings is 1. The van der Waals surface area contributed by atoms with E-state index in [9.17, 15) is 9.59 Å². The maximum Gasteiger partial charge on any atom is 0.307 e. The molecule has 0 aromatic rings. The van der Waals surface area contributed by atoms with Gasteiger partial charge >= 0.3 is 11.9 Å². The molecule has 1 aliphatic rings. The molecule has 0 aromatic carbocycles. The van der Waals surface area contributed by atoms with Crippen LogP contribution < -0.4 is 5.32 Å². The highest BCUT2D eigenvalue weighted by Gasteiger charge is 2.19. The lowest BCUT2D eigenvalue weighted by atomic mass is 10.0. The summed E-state index contributed by atoms with van der Waals surface area (Å²) in [6.07, 6.45) is 18.8. The number of carbonyl (C=O) groups is 2. The fourth-order valence-corrected chi connectivity index (χ4v) is 5.53. The van der Waals surface area contributed by atoms with Crippen LogP contribution in [0.2, 0.25) is 0 Å². The van der Waals surface area contributed by atoms with E-state index in [2.05, 4.69) is 42.8 Å². The summed E-state index contributed by atoms with van der Waals surface area (Å²) in [6.45, 7) is 16.0. The largest absolute Gasteiger partial charge is 0.462 e. The quantitative estimate of drug-likeness (QED) is 0.0818. The second-order valence-electron chi connectivity index (χ2n) is 12.1. The summed E-state index contributed by atoms with van der Waals surface area (Å²) in [5, 5.41) is 3.41. The molecule has 7 nitrogen and oxygen atoms in total. The number of nitrogens with zero attached hydrogens (tertiary/aromatic N) is 2. The van der Waals surface area contributed by atoms with Gasteiger partial charge in [0.15, 0.2) is 0 Å². The number of nitrogens with one attached hydrogen (secondary N) is 1. The molecule has 0 aromatic heterocycles. The van der Waals surface area contributed by atoms with Crippen molar-refractivity contribution in [3.05, 3.63) is 0 Å². The van der Waals surface area contributed by atoms with Crippen LogP contribution in [0.25, 0.3) is 0 Å². The van der Waals surface area contributed by atoms with Gasteiger partial charge in [-0.25, -0.2) is 0 Å². The summed E-state index contributed by atoms with van der Waals surface area (Å²) in [5.74, 6) is -0.189. The molecule has 1 rings (SSSR count). The van der Waals surface area contributed by atoms with Crippen molar-refractivity contribution in [3.63, 3.8) is 0 Å². The van der Waals surface area contributed by atoms with Crippen molar-refractivity contribution in [1.29, 1.82) is 0 Å². The smallest absolute Gasteiger partial charge is 0.307 e. The van der Waals surface area contributed by atoms with Crippen molar-refractivity contribution in [2.24, 2.45) is 0 Å². The Morgan fingerprint density at radius 1 is 0.634 bits per heavy atom. The van der Waals surface area contributed by atoms with Crippen LogP contribution in [0.3, 0.4) is 0 Å². The van der Waals surface area contributed by atoms with Crippen molar-refractivity contribution < 1.29 is 19.1 Å². The number of ether oxygens (including phenoxy) is 2. The van der Waals surface area contributed by atoms with Crippen LogP contribution in [0.5, 0.6) is 0 Å². The van der Waals surface area contributed by atoms with Gasteiger partial charge in [-0.2, -0.15) is 0 Å². The molecule has 1 N–H and O–H groups in total. The normalized spacial score (nSPS) is 15.6. The molecule has 0 saturated carbocycles. The van der Waals surface area contributed by atoms with E-state index in [1.54, 1.807) is 0 Å². The van der Waals surface area contributed by atoms with Gasteiger partial charge < -0.3 is 19.7 Å². The summed E-state index contributed by atoms with van der Waals surface area (Å²) in [7, 11) is 0. The van der Waals surface area contributed by atoms with Gasteiger partial charge in [0.1, 0.15) is 12.2 Å². The van der Waals surface area contributed by atoms with E-state index >= 15 is 0 Å². The summed E-state index contributed by atoms with van der Waals surface area (Å²) in [6, 6.07) is 0. The molecule has 0 radical (unpaired) electrons. The van der Waals surface area contributed by atoms with Crippen molar-refractivity contribution in [1.82, 2.24) is 15.1 Å². The first kappa shape index (κ1) is 37.8. The van der Waals surface area contributed by atoms with E-state index in [0.717, 1.165) is 103 Å². The van der Waals surface area contributed by atoms with Gasteiger partial charge in [0.2, 0.25) is 0 Å². The van der Waals surface area contributed by atoms with Crippen LogP contribution in [0.1, 0.15) is 143 Å². The van der Waals surface area contributed by atoms with E-state index in [1.807, 2.05) is 0 Å². The van der Waals surface area contributed by atoms with Crippen LogP contribution in [0, 0.1) is 0 Å². The lowest BCUT2D eigenvalue weighted by Crippen LogP contribution is -2.46. The molecule has 7 heteroatoms. The predicted molar refractivity (Wildman–Crippen MR) is 171 cm³/mol. The number of rotatable bonds is 27. The molecular weight excluding hydrogens is 514 g/mol. The summed E-state index contributed by atoms with van der Waals surface area (Å²) < 4.78 is 11.9. The zero-order chi connectivity index (χ0) is 30.0. The minimum Gasteiger partial charge on any atom is -0.462 e. The molecule has 2 atom stereocenters. The van der Waals surface area contributed by atoms with Crippen LogP contribution in [-0.4, -0.2) is 86.3 Å². The van der Waals surface area contributed by atoms with Crippen LogP contribution in [0.15, 0.2) is 0 Å². The first-order valence-electron chi connectivity index (χ1n) is 17.6. The van der Waals surface area contributed by atoms with Crippen LogP contribution in [0.4, 0.5) is 0 Å². The highest BCUT2D eigenvalue weighted by atomic mass is 16.5. The van der Waals surface area contributed by atoms with Gasteiger partial charge in [0.25, 0.3) is 0 Å². The summed E-state index contributed by atoms with van der Waals surface area (Å²) in [4.78, 5) is 30.5. The van der Waals surface area contributed by atoms with Crippen molar-refractivity contribution in [2.75, 3.05) is 52.4 Å². The number of hydrogen-bond donors (Lipinski definition) is 1. The summed E-state index contributed by atoms with van der Waals surface area (Å²) >= 11 is 0. The van der Waals surface area contributed by atoms with Crippen molar-refractivity contribution in [2.45, 2.75) is 155 Å². The molecule has 1 saturated heterocycles. The Kier molecular flexibility index (Phi) is 24.4. The van der Waals surface area contributed by atoms with Gasteiger partial charge in [0, 0.05) is 52.4 Å². The minimum atomic E-state index is -0.0944. The third-order valence-electron chi connectivity index (χ3n) is 8.32. The fourth-order valence-electron chi connectivity index (χ4n) is 5.53. The zero-order valence-electron chi connectivity index (χ0n) is 27.6. The van der Waals surface area contributed by atoms with E-state index in [-0.39, 0.29) is 24.1 Å². The Morgan fingerprint density at radius 2 is 1.07 bits per heavy atom. The molecule has 1 fully saturated rings. The lowest BCUT2D eigenvalue weighted by molar-refractivity contribution is -0.150. The number of hydrogen-bond acceptors (Lipinski definition) is 7. The molecule has 0 aliphatic carbocycles. The summed E-state index contributed by atoms with van der Waals surface area (Å²) in [5.41, 5.74) is 0. The predicted octanol–water partition coefficient (Wildman–Crippen LogP) is 7.12. The molecule has 1 heterocycles. The number of carbonyl (C=O) groups excluding carboxylic acids is 2. The zero-order valence-corrected chi connectivity index (χ0v) is 27.6. The van der Waals surface area contributed by atoms with E-state index in [4.69, 9.17) is 9.47 Å². The Balaban J connectivity index is 2.61. The average molecular weight is 582 g/mol. The molecule has 0 spiro atoms. The topological polar surface area (TPSA) is 71.1 Å². The van der Waals surface area contributed by atoms with Crippen LogP contribution in [-0.2, 0) is 19.1 Å². The molecular formula is C34H67N3O4. The number of unbranched alkanes of at least 4 members (excludes halogenated alkanes) is 8. The van der Waals surface area contributed by atoms with Gasteiger partial charge in [-0.1, -0.05) is 91.9 Å². The molecule has 41 heavy (non-hydrogen) atoms. The first-order chi connectivity index (χ1) is 20.0. The second-order valence-corrected chi connectivity index (χ2v) is 12.1. The molecule has 0 bridgehead atoms. The molecule has 2 unspecified atom stereocenters. The Hall–Kier alpha value is -1.18. The minimum absolute atomic E-state index is 0.0426. The fraction of sp³-hybridized carbons (Fsp3) is 0.941. The SMILES string of the molecule is CCCCCCC(CCCC)OC(=O)CCN(CCC(=O)OC(CCCC)CCCCCC)CCN1CCNCC1. The third kappa shape index (κ3) is 21.2. The Bertz CT molecular complexity index is 585. The van der Waals surface area contributed by atoms with Crippen LogP contribution >= 0.6 is 0 Å². The van der Waals surface area contributed by atoms with Crippen molar-refractivity contribution in [3.8, 4) is 0 Å². The van der Waals surface area contributed by atoms with Gasteiger partial charge in [-0.15, -0.1) is 0 Å². The van der Waals surface area contributed by atoms with E-state index < -0.39 is 0 Å². The van der Waals surface area contributed by atoms with Gasteiger partial charge in [0.05, 0.1) is 12.8 Å². The molecule has 1 aliphatic heterocycles. The van der Waals surface area contributed by atoms with Gasteiger partial charge in [-0.05, 0) is 38.5 Å². The first-order valence-corrected chi connectivity index (χ1v) is 17.6. The number of esters is 2.